The van der Waals surface area contributed by atoms with E-state index in [1.807, 2.05) is 4.98 Å². The van der Waals surface area contributed by atoms with Gasteiger partial charge in [-0.1, -0.05) is 11.6 Å². The van der Waals surface area contributed by atoms with Gasteiger partial charge in [0.2, 0.25) is 0 Å². The molecule has 1 aliphatic rings. The predicted molar refractivity (Wildman–Crippen MR) is 116 cm³/mol. The lowest BCUT2D eigenvalue weighted by molar-refractivity contribution is -0.0682. The summed E-state index contributed by atoms with van der Waals surface area (Å²) in [6.07, 6.45) is -4.81. The third-order valence-electron chi connectivity index (χ3n) is 5.19. The maximum Gasteiger partial charge on any atom is 0.537 e. The van der Waals surface area contributed by atoms with E-state index >= 15 is 4.39 Å². The van der Waals surface area contributed by atoms with Crippen molar-refractivity contribution in [3.8, 4) is 0 Å². The first-order valence-corrected chi connectivity index (χ1v) is 11.9. The molecule has 0 bridgehead atoms. The molecule has 0 radical (unpaired) electrons. The minimum Gasteiger partial charge on any atom is -0.396 e. The van der Waals surface area contributed by atoms with Crippen molar-refractivity contribution in [2.45, 2.75) is 43.6 Å². The van der Waals surface area contributed by atoms with Crippen molar-refractivity contribution in [2.24, 2.45) is 0 Å². The molecule has 3 rings (SSSR count). The smallest absolute Gasteiger partial charge is 0.396 e. The molecule has 1 fully saturated rings. The number of rotatable bonds is 10. The van der Waals surface area contributed by atoms with E-state index in [2.05, 4.69) is 0 Å². The quantitative estimate of drug-likeness (QED) is 0.403. The molecular weight excluding hydrogens is 501 g/mol. The fourth-order valence-corrected chi connectivity index (χ4v) is 4.59. The van der Waals surface area contributed by atoms with Crippen LogP contribution >= 0.6 is 19.6 Å². The minimum absolute atomic E-state index is 0.0150. The van der Waals surface area contributed by atoms with E-state index in [0.29, 0.717) is 0 Å². The topological polar surface area (TPSA) is 140 Å². The summed E-state index contributed by atoms with van der Waals surface area (Å²) in [7, 11) is -2.47. The van der Waals surface area contributed by atoms with Gasteiger partial charge in [-0.25, -0.2) is 13.6 Å². The highest BCUT2D eigenvalue weighted by molar-refractivity contribution is 7.38. The van der Waals surface area contributed by atoms with E-state index in [1.165, 1.54) is 6.07 Å². The summed E-state index contributed by atoms with van der Waals surface area (Å²) in [5, 5.41) is 19.7. The van der Waals surface area contributed by atoms with Gasteiger partial charge in [0.05, 0.1) is 6.61 Å². The van der Waals surface area contributed by atoms with Gasteiger partial charge in [-0.2, -0.15) is 0 Å². The molecule has 2 aromatic rings. The Bertz CT molecular complexity index is 1120. The highest BCUT2D eigenvalue weighted by Gasteiger charge is 2.55. The van der Waals surface area contributed by atoms with Gasteiger partial charge in [0.15, 0.2) is 11.9 Å². The van der Waals surface area contributed by atoms with Crippen molar-refractivity contribution in [2.75, 3.05) is 19.6 Å². The molecule has 0 aliphatic carbocycles. The number of nitrogens with zero attached hydrogens (tertiary/aromatic N) is 1. The Labute approximate surface area is 197 Å². The average molecular weight is 524 g/mol. The van der Waals surface area contributed by atoms with Gasteiger partial charge in [-0.15, -0.1) is 4.52 Å². The van der Waals surface area contributed by atoms with Crippen LogP contribution < -0.4 is 11.2 Å². The first-order valence-electron chi connectivity index (χ1n) is 10.1. The van der Waals surface area contributed by atoms with E-state index in [4.69, 9.17) is 25.6 Å². The molecule has 10 nitrogen and oxygen atoms in total. The number of alkyl halides is 1. The standard InChI is InChI=1S/C20H22ClF2N2O8P/c1-20(23)17(28)15(32-18(20)25-4-2-16(27)24-19(25)29)9-31-10-34(30)33-14(3-5-26)11-6-12(21)8-13(22)7-11/h2,4,6-8,14-15,17-18,26,28H,3,5,9-10H2,1H3/p+1/t14-,15-,17-,18-,20-/m1/s1. The van der Waals surface area contributed by atoms with Crippen LogP contribution in [-0.4, -0.2) is 57.2 Å². The lowest BCUT2D eigenvalue weighted by Gasteiger charge is -2.24. The van der Waals surface area contributed by atoms with Crippen LogP contribution in [0.5, 0.6) is 0 Å². The highest BCUT2D eigenvalue weighted by Crippen LogP contribution is 2.41. The molecule has 2 heterocycles. The number of aliphatic hydroxyl groups excluding tert-OH is 2. The van der Waals surface area contributed by atoms with Crippen molar-refractivity contribution in [1.82, 2.24) is 9.55 Å². The predicted octanol–water partition coefficient (Wildman–Crippen LogP) is 2.17. The molecular formula is C20H23ClF2N2O8P+. The third kappa shape index (κ3) is 6.14. The number of hydrogen-bond acceptors (Lipinski definition) is 8. The van der Waals surface area contributed by atoms with Crippen molar-refractivity contribution in [1.29, 1.82) is 0 Å². The number of ether oxygens (including phenoxy) is 2. The molecule has 3 N–H and O–H groups in total. The number of nitrogens with one attached hydrogen (secondary N) is 1. The van der Waals surface area contributed by atoms with Gasteiger partial charge in [-0.05, 0) is 35.3 Å². The summed E-state index contributed by atoms with van der Waals surface area (Å²) in [6.45, 7) is 0.314. The number of halogens is 3. The summed E-state index contributed by atoms with van der Waals surface area (Å²) < 4.78 is 58.0. The van der Waals surface area contributed by atoms with Crippen LogP contribution in [0.1, 0.15) is 31.2 Å². The molecule has 1 aromatic carbocycles. The Hall–Kier alpha value is -2.05. The third-order valence-corrected chi connectivity index (χ3v) is 6.29. The number of aromatic nitrogens is 2. The van der Waals surface area contributed by atoms with E-state index in [-0.39, 0.29) is 23.6 Å². The lowest BCUT2D eigenvalue weighted by atomic mass is 9.98. The van der Waals surface area contributed by atoms with Crippen LogP contribution in [0.2, 0.25) is 5.02 Å². The maximum atomic E-state index is 15.2. The average Bonchev–Trinajstić information content (AvgIpc) is 2.96. The van der Waals surface area contributed by atoms with Gasteiger partial charge in [-0.3, -0.25) is 14.3 Å². The van der Waals surface area contributed by atoms with Crippen LogP contribution in [0.4, 0.5) is 8.78 Å². The molecule has 186 valence electrons. The van der Waals surface area contributed by atoms with E-state index in [0.717, 1.165) is 35.9 Å². The van der Waals surface area contributed by atoms with Crippen molar-refractivity contribution >= 4 is 19.6 Å². The SMILES string of the molecule is C[C@@]1(F)[C@H](O)[C@@H](COC[P+](=O)O[C@H](CCO)c2cc(F)cc(Cl)c2)O[C@H]1n1ccc(=O)[nH]c1=O. The van der Waals surface area contributed by atoms with Crippen LogP contribution in [0.3, 0.4) is 0 Å². The fraction of sp³-hybridized carbons (Fsp3) is 0.500. The largest absolute Gasteiger partial charge is 0.537 e. The van der Waals surface area contributed by atoms with Crippen LogP contribution in [-0.2, 0) is 18.6 Å². The van der Waals surface area contributed by atoms with E-state index < -0.39 is 68.3 Å². The summed E-state index contributed by atoms with van der Waals surface area (Å²) in [6, 6.07) is 4.65. The molecule has 0 saturated carbocycles. The number of aliphatic hydroxyl groups is 2. The summed E-state index contributed by atoms with van der Waals surface area (Å²) in [5.74, 6) is -0.627. The number of aromatic amines is 1. The summed E-state index contributed by atoms with van der Waals surface area (Å²) >= 11 is 5.83. The molecule has 6 atom stereocenters. The second-order valence-electron chi connectivity index (χ2n) is 7.78. The maximum absolute atomic E-state index is 15.2. The minimum atomic E-state index is -2.47. The van der Waals surface area contributed by atoms with E-state index in [1.54, 1.807) is 0 Å². The zero-order valence-electron chi connectivity index (χ0n) is 17.9. The molecule has 14 heteroatoms. The van der Waals surface area contributed by atoms with E-state index in [9.17, 15) is 28.8 Å². The zero-order chi connectivity index (χ0) is 25.0. The Balaban J connectivity index is 1.60. The Morgan fingerprint density at radius 2 is 2.12 bits per heavy atom. The van der Waals surface area contributed by atoms with Crippen LogP contribution in [0.25, 0.3) is 0 Å². The second-order valence-corrected chi connectivity index (χ2v) is 9.35. The Morgan fingerprint density at radius 3 is 2.76 bits per heavy atom. The number of hydrogen-bond donors (Lipinski definition) is 3. The first kappa shape index (κ1) is 26.6. The molecule has 1 unspecified atom stereocenters. The summed E-state index contributed by atoms with van der Waals surface area (Å²) in [4.78, 5) is 25.2. The molecule has 0 amide bonds. The molecule has 1 saturated heterocycles. The van der Waals surface area contributed by atoms with Gasteiger partial charge in [0.1, 0.15) is 24.1 Å². The lowest BCUT2D eigenvalue weighted by Crippen LogP contribution is -2.43. The second kappa shape index (κ2) is 11.1. The van der Waals surface area contributed by atoms with Gasteiger partial charge >= 0.3 is 13.7 Å². The van der Waals surface area contributed by atoms with Gasteiger partial charge in [0.25, 0.3) is 11.9 Å². The molecule has 0 spiro atoms. The number of benzene rings is 1. The van der Waals surface area contributed by atoms with Crippen molar-refractivity contribution < 1.29 is 37.6 Å². The van der Waals surface area contributed by atoms with Gasteiger partial charge < -0.3 is 19.7 Å². The van der Waals surface area contributed by atoms with Crippen LogP contribution in [0.15, 0.2) is 40.1 Å². The molecule has 1 aromatic heterocycles. The summed E-state index contributed by atoms with van der Waals surface area (Å²) in [5.41, 5.74) is -3.72. The Kier molecular flexibility index (Phi) is 8.69. The molecule has 34 heavy (non-hydrogen) atoms. The fourth-order valence-electron chi connectivity index (χ4n) is 3.54. The monoisotopic (exact) mass is 523 g/mol. The van der Waals surface area contributed by atoms with Crippen molar-refractivity contribution in [3.63, 3.8) is 0 Å². The number of H-pyrrole nitrogens is 1. The first-order chi connectivity index (χ1) is 16.0. The normalized spacial score (nSPS) is 25.9. The zero-order valence-corrected chi connectivity index (χ0v) is 19.5. The van der Waals surface area contributed by atoms with Crippen molar-refractivity contribution in [3.05, 3.63) is 67.7 Å². The molecule has 1 aliphatic heterocycles. The highest BCUT2D eigenvalue weighted by atomic mass is 35.5. The van der Waals surface area contributed by atoms with Gasteiger partial charge in [0, 0.05) is 30.3 Å². The van der Waals surface area contributed by atoms with Crippen LogP contribution in [0, 0.1) is 5.82 Å². The Morgan fingerprint density at radius 1 is 1.38 bits per heavy atom.